The van der Waals surface area contributed by atoms with Crippen LogP contribution in [0.15, 0.2) is 18.2 Å². The molecule has 1 N–H and O–H groups in total. The maximum absolute atomic E-state index is 11.3. The topological polar surface area (TPSA) is 40.5 Å². The summed E-state index contributed by atoms with van der Waals surface area (Å²) in [6.45, 7) is 9.22. The van der Waals surface area contributed by atoms with Crippen molar-refractivity contribution in [1.29, 1.82) is 0 Å². The van der Waals surface area contributed by atoms with Crippen molar-refractivity contribution < 1.29 is 9.90 Å². The van der Waals surface area contributed by atoms with Gasteiger partial charge in [0.15, 0.2) is 0 Å². The van der Waals surface area contributed by atoms with Gasteiger partial charge in [0, 0.05) is 17.8 Å². The van der Waals surface area contributed by atoms with Crippen molar-refractivity contribution in [1.82, 2.24) is 0 Å². The maximum Gasteiger partial charge on any atom is 0.308 e. The Morgan fingerprint density at radius 2 is 1.89 bits per heavy atom. The van der Waals surface area contributed by atoms with Crippen LogP contribution in [0.25, 0.3) is 0 Å². The van der Waals surface area contributed by atoms with E-state index in [9.17, 15) is 9.90 Å². The van der Waals surface area contributed by atoms with E-state index in [-0.39, 0.29) is 11.5 Å². The molecule has 1 heterocycles. The summed E-state index contributed by atoms with van der Waals surface area (Å²) in [5.41, 5.74) is 3.67. The number of para-hydroxylation sites is 1. The summed E-state index contributed by atoms with van der Waals surface area (Å²) in [5.74, 6) is -0.932. The molecule has 3 nitrogen and oxygen atoms in total. The fraction of sp³-hybridized carbons (Fsp3) is 0.562. The van der Waals surface area contributed by atoms with Gasteiger partial charge in [0.25, 0.3) is 0 Å². The Labute approximate surface area is 115 Å². The molecule has 1 aliphatic rings. The van der Waals surface area contributed by atoms with Crippen molar-refractivity contribution in [3.05, 3.63) is 29.3 Å². The predicted octanol–water partition coefficient (Wildman–Crippen LogP) is 3.38. The summed E-state index contributed by atoms with van der Waals surface area (Å²) >= 11 is 0. The number of hydrogen-bond acceptors (Lipinski definition) is 2. The molecule has 0 spiro atoms. The Morgan fingerprint density at radius 1 is 1.32 bits per heavy atom. The van der Waals surface area contributed by atoms with Crippen LogP contribution in [0.4, 0.5) is 5.69 Å². The average molecular weight is 261 g/mol. The smallest absolute Gasteiger partial charge is 0.308 e. The van der Waals surface area contributed by atoms with Crippen LogP contribution in [0.1, 0.15) is 37.8 Å². The number of hydrogen-bond donors (Lipinski definition) is 1. The maximum atomic E-state index is 11.3. The fourth-order valence-electron chi connectivity index (χ4n) is 3.05. The number of piperidine rings is 1. The molecule has 0 saturated carbocycles. The SMILES string of the molecule is Cc1cccc(C)c1N1CC(C(=O)O)CCC1(C)C. The highest BCUT2D eigenvalue weighted by Crippen LogP contribution is 2.38. The minimum atomic E-state index is -0.674. The lowest BCUT2D eigenvalue weighted by atomic mass is 9.83. The summed E-state index contributed by atoms with van der Waals surface area (Å²) in [5, 5.41) is 9.29. The standard InChI is InChI=1S/C16H23NO2/c1-11-6-5-7-12(2)14(11)17-10-13(15(18)19)8-9-16(17,3)4/h5-7,13H,8-10H2,1-4H3,(H,18,19). The normalized spacial score (nSPS) is 22.3. The van der Waals surface area contributed by atoms with Gasteiger partial charge in [0.05, 0.1) is 5.92 Å². The van der Waals surface area contributed by atoms with E-state index in [1.54, 1.807) is 0 Å². The second-order valence-corrected chi connectivity index (χ2v) is 6.24. The van der Waals surface area contributed by atoms with Gasteiger partial charge < -0.3 is 10.0 Å². The molecule has 1 aromatic carbocycles. The van der Waals surface area contributed by atoms with Crippen LogP contribution < -0.4 is 4.90 Å². The van der Waals surface area contributed by atoms with Crippen LogP contribution in [-0.2, 0) is 4.79 Å². The third kappa shape index (κ3) is 2.60. The van der Waals surface area contributed by atoms with Gasteiger partial charge in [0.1, 0.15) is 0 Å². The van der Waals surface area contributed by atoms with E-state index in [1.165, 1.54) is 16.8 Å². The number of rotatable bonds is 2. The number of carbonyl (C=O) groups is 1. The number of carboxylic acid groups (broad SMARTS) is 1. The zero-order valence-corrected chi connectivity index (χ0v) is 12.2. The zero-order valence-electron chi connectivity index (χ0n) is 12.2. The van der Waals surface area contributed by atoms with Gasteiger partial charge in [-0.05, 0) is 51.7 Å². The summed E-state index contributed by atoms with van der Waals surface area (Å²) in [4.78, 5) is 13.6. The summed E-state index contributed by atoms with van der Waals surface area (Å²) < 4.78 is 0. The molecule has 1 unspecified atom stereocenters. The molecule has 0 bridgehead atoms. The number of anilines is 1. The van der Waals surface area contributed by atoms with Crippen LogP contribution in [0, 0.1) is 19.8 Å². The lowest BCUT2D eigenvalue weighted by Gasteiger charge is -2.47. The highest BCUT2D eigenvalue weighted by molar-refractivity contribution is 5.72. The number of nitrogens with zero attached hydrogens (tertiary/aromatic N) is 1. The van der Waals surface area contributed by atoms with Gasteiger partial charge in [-0.2, -0.15) is 0 Å². The largest absolute Gasteiger partial charge is 0.481 e. The first-order valence-electron chi connectivity index (χ1n) is 6.89. The molecule has 1 fully saturated rings. The molecule has 1 aromatic rings. The molecular formula is C16H23NO2. The van der Waals surface area contributed by atoms with E-state index in [0.29, 0.717) is 6.54 Å². The highest BCUT2D eigenvalue weighted by atomic mass is 16.4. The number of aryl methyl sites for hydroxylation is 2. The van der Waals surface area contributed by atoms with Crippen molar-refractivity contribution in [3.8, 4) is 0 Å². The van der Waals surface area contributed by atoms with Crippen molar-refractivity contribution in [3.63, 3.8) is 0 Å². The quantitative estimate of drug-likeness (QED) is 0.887. The zero-order chi connectivity index (χ0) is 14.2. The van der Waals surface area contributed by atoms with E-state index in [4.69, 9.17) is 0 Å². The Balaban J connectivity index is 2.41. The molecule has 0 amide bonds. The number of benzene rings is 1. The minimum Gasteiger partial charge on any atom is -0.481 e. The Morgan fingerprint density at radius 3 is 2.42 bits per heavy atom. The van der Waals surface area contributed by atoms with Crippen molar-refractivity contribution >= 4 is 11.7 Å². The molecule has 3 heteroatoms. The first kappa shape index (κ1) is 13.9. The van der Waals surface area contributed by atoms with Gasteiger partial charge in [-0.15, -0.1) is 0 Å². The first-order chi connectivity index (χ1) is 8.83. The minimum absolute atomic E-state index is 0.0167. The predicted molar refractivity (Wildman–Crippen MR) is 77.7 cm³/mol. The third-order valence-electron chi connectivity index (χ3n) is 4.30. The van der Waals surface area contributed by atoms with Crippen molar-refractivity contribution in [2.24, 2.45) is 5.92 Å². The van der Waals surface area contributed by atoms with E-state index >= 15 is 0 Å². The van der Waals surface area contributed by atoms with Gasteiger partial charge in [0.2, 0.25) is 0 Å². The molecule has 1 aliphatic heterocycles. The Kier molecular flexibility index (Phi) is 3.57. The lowest BCUT2D eigenvalue weighted by Crippen LogP contribution is -2.52. The van der Waals surface area contributed by atoms with Gasteiger partial charge in [-0.25, -0.2) is 0 Å². The molecule has 1 saturated heterocycles. The monoisotopic (exact) mass is 261 g/mol. The summed E-state index contributed by atoms with van der Waals surface area (Å²) in [6, 6.07) is 6.26. The van der Waals surface area contributed by atoms with Crippen molar-refractivity contribution in [2.75, 3.05) is 11.4 Å². The average Bonchev–Trinajstić information content (AvgIpc) is 2.30. The van der Waals surface area contributed by atoms with Gasteiger partial charge in [-0.1, -0.05) is 18.2 Å². The van der Waals surface area contributed by atoms with Crippen LogP contribution in [0.5, 0.6) is 0 Å². The molecule has 0 aromatic heterocycles. The second kappa shape index (κ2) is 4.87. The van der Waals surface area contributed by atoms with Crippen LogP contribution >= 0.6 is 0 Å². The Hall–Kier alpha value is -1.51. The van der Waals surface area contributed by atoms with E-state index < -0.39 is 5.97 Å². The molecular weight excluding hydrogens is 238 g/mol. The van der Waals surface area contributed by atoms with Crippen molar-refractivity contribution in [2.45, 2.75) is 46.1 Å². The lowest BCUT2D eigenvalue weighted by molar-refractivity contribution is -0.142. The number of carboxylic acids is 1. The molecule has 0 radical (unpaired) electrons. The molecule has 104 valence electrons. The highest BCUT2D eigenvalue weighted by Gasteiger charge is 2.37. The van der Waals surface area contributed by atoms with E-state index in [1.807, 2.05) is 0 Å². The molecule has 2 rings (SSSR count). The Bertz CT molecular complexity index is 473. The van der Waals surface area contributed by atoms with Crippen LogP contribution in [0.2, 0.25) is 0 Å². The second-order valence-electron chi connectivity index (χ2n) is 6.24. The molecule has 19 heavy (non-hydrogen) atoms. The van der Waals surface area contributed by atoms with E-state index in [2.05, 4.69) is 50.8 Å². The molecule has 0 aliphatic carbocycles. The molecule has 1 atom stereocenters. The van der Waals surface area contributed by atoms with Gasteiger partial charge in [-0.3, -0.25) is 4.79 Å². The van der Waals surface area contributed by atoms with Crippen LogP contribution in [0.3, 0.4) is 0 Å². The summed E-state index contributed by atoms with van der Waals surface area (Å²) in [7, 11) is 0. The third-order valence-corrected chi connectivity index (χ3v) is 4.30. The van der Waals surface area contributed by atoms with E-state index in [0.717, 1.165) is 12.8 Å². The first-order valence-corrected chi connectivity index (χ1v) is 6.89. The summed E-state index contributed by atoms with van der Waals surface area (Å²) in [6.07, 6.45) is 1.68. The van der Waals surface area contributed by atoms with Crippen LogP contribution in [-0.4, -0.2) is 23.2 Å². The van der Waals surface area contributed by atoms with Gasteiger partial charge >= 0.3 is 5.97 Å². The fourth-order valence-corrected chi connectivity index (χ4v) is 3.05. The number of aliphatic carboxylic acids is 1.